The maximum absolute atomic E-state index is 14.0. The Morgan fingerprint density at radius 1 is 1.37 bits per heavy atom. The SMILES string of the molecule is O=C(NCCCO)c1ccc(N2CCCC2)c(F)c1. The fourth-order valence-corrected chi connectivity index (χ4v) is 2.25. The van der Waals surface area contributed by atoms with Crippen LogP contribution in [0, 0.1) is 5.82 Å². The Morgan fingerprint density at radius 3 is 2.74 bits per heavy atom. The van der Waals surface area contributed by atoms with Gasteiger partial charge in [-0.05, 0) is 37.5 Å². The highest BCUT2D eigenvalue weighted by atomic mass is 19.1. The second-order valence-corrected chi connectivity index (χ2v) is 4.69. The average molecular weight is 266 g/mol. The Balaban J connectivity index is 2.03. The van der Waals surface area contributed by atoms with Crippen molar-refractivity contribution in [2.75, 3.05) is 31.1 Å². The van der Waals surface area contributed by atoms with Crippen molar-refractivity contribution in [2.24, 2.45) is 0 Å². The molecule has 1 amide bonds. The van der Waals surface area contributed by atoms with Crippen molar-refractivity contribution in [3.8, 4) is 0 Å². The molecule has 1 aliphatic heterocycles. The van der Waals surface area contributed by atoms with E-state index in [0.717, 1.165) is 25.9 Å². The lowest BCUT2D eigenvalue weighted by Crippen LogP contribution is -2.25. The highest BCUT2D eigenvalue weighted by Gasteiger charge is 2.17. The van der Waals surface area contributed by atoms with Gasteiger partial charge in [0.05, 0.1) is 5.69 Å². The zero-order valence-electron chi connectivity index (χ0n) is 10.9. The molecule has 0 unspecified atom stereocenters. The number of anilines is 1. The van der Waals surface area contributed by atoms with Crippen LogP contribution in [-0.4, -0.2) is 37.3 Å². The molecule has 1 heterocycles. The summed E-state index contributed by atoms with van der Waals surface area (Å²) >= 11 is 0. The van der Waals surface area contributed by atoms with Gasteiger partial charge in [-0.15, -0.1) is 0 Å². The summed E-state index contributed by atoms with van der Waals surface area (Å²) in [5.41, 5.74) is 0.891. The molecule has 0 bridgehead atoms. The highest BCUT2D eigenvalue weighted by molar-refractivity contribution is 5.94. The summed E-state index contributed by atoms with van der Waals surface area (Å²) < 4.78 is 14.0. The number of halogens is 1. The van der Waals surface area contributed by atoms with Gasteiger partial charge in [0.15, 0.2) is 0 Å². The van der Waals surface area contributed by atoms with E-state index in [4.69, 9.17) is 5.11 Å². The van der Waals surface area contributed by atoms with Gasteiger partial charge in [-0.3, -0.25) is 4.79 Å². The fourth-order valence-electron chi connectivity index (χ4n) is 2.25. The molecule has 2 N–H and O–H groups in total. The summed E-state index contributed by atoms with van der Waals surface area (Å²) in [6.07, 6.45) is 2.67. The number of carbonyl (C=O) groups is 1. The zero-order valence-corrected chi connectivity index (χ0v) is 10.9. The number of benzene rings is 1. The molecule has 1 aromatic carbocycles. The number of hydrogen-bond acceptors (Lipinski definition) is 3. The minimum Gasteiger partial charge on any atom is -0.396 e. The summed E-state index contributed by atoms with van der Waals surface area (Å²) in [5.74, 6) is -0.656. The van der Waals surface area contributed by atoms with E-state index in [-0.39, 0.29) is 18.3 Å². The average Bonchev–Trinajstić information content (AvgIpc) is 2.92. The van der Waals surface area contributed by atoms with E-state index in [2.05, 4.69) is 5.32 Å². The van der Waals surface area contributed by atoms with Crippen molar-refractivity contribution in [2.45, 2.75) is 19.3 Å². The molecular weight excluding hydrogens is 247 g/mol. The molecule has 1 fully saturated rings. The number of nitrogens with zero attached hydrogens (tertiary/aromatic N) is 1. The number of amides is 1. The Kier molecular flexibility index (Phi) is 4.74. The minimum atomic E-state index is -0.350. The van der Waals surface area contributed by atoms with E-state index in [1.807, 2.05) is 4.90 Å². The van der Waals surface area contributed by atoms with Gasteiger partial charge < -0.3 is 15.3 Å². The molecule has 0 saturated carbocycles. The zero-order chi connectivity index (χ0) is 13.7. The maximum Gasteiger partial charge on any atom is 0.251 e. The molecule has 19 heavy (non-hydrogen) atoms. The van der Waals surface area contributed by atoms with Gasteiger partial charge in [0.25, 0.3) is 5.91 Å². The van der Waals surface area contributed by atoms with Gasteiger partial charge >= 0.3 is 0 Å². The third-order valence-corrected chi connectivity index (χ3v) is 3.28. The van der Waals surface area contributed by atoms with Gasteiger partial charge in [-0.25, -0.2) is 4.39 Å². The summed E-state index contributed by atoms with van der Waals surface area (Å²) in [4.78, 5) is 13.7. The molecule has 0 spiro atoms. The Labute approximate surface area is 112 Å². The van der Waals surface area contributed by atoms with Crippen LogP contribution in [0.3, 0.4) is 0 Å². The van der Waals surface area contributed by atoms with Crippen LogP contribution in [0.5, 0.6) is 0 Å². The predicted octanol–water partition coefficient (Wildman–Crippen LogP) is 1.54. The standard InChI is InChI=1S/C14H19FN2O2/c15-12-10-11(14(19)16-6-3-9-18)4-5-13(12)17-7-1-2-8-17/h4-5,10,18H,1-3,6-9H2,(H,16,19). The number of hydrogen-bond donors (Lipinski definition) is 2. The van der Waals surface area contributed by atoms with E-state index in [9.17, 15) is 9.18 Å². The van der Waals surface area contributed by atoms with Gasteiger partial charge in [0.2, 0.25) is 0 Å². The summed E-state index contributed by atoms with van der Waals surface area (Å²) in [7, 11) is 0. The minimum absolute atomic E-state index is 0.0303. The van der Waals surface area contributed by atoms with Crippen molar-refractivity contribution >= 4 is 11.6 Å². The van der Waals surface area contributed by atoms with Crippen LogP contribution in [0.25, 0.3) is 0 Å². The Bertz CT molecular complexity index is 445. The molecular formula is C14H19FN2O2. The monoisotopic (exact) mass is 266 g/mol. The number of nitrogens with one attached hydrogen (secondary N) is 1. The normalized spacial score (nSPS) is 14.7. The van der Waals surface area contributed by atoms with Gasteiger partial charge in [0, 0.05) is 31.8 Å². The van der Waals surface area contributed by atoms with Crippen molar-refractivity contribution in [3.63, 3.8) is 0 Å². The predicted molar refractivity (Wildman–Crippen MR) is 71.9 cm³/mol. The van der Waals surface area contributed by atoms with Crippen molar-refractivity contribution in [1.82, 2.24) is 5.32 Å². The number of aliphatic hydroxyl groups excluding tert-OH is 1. The van der Waals surface area contributed by atoms with Crippen LogP contribution in [0.15, 0.2) is 18.2 Å². The van der Waals surface area contributed by atoms with Gasteiger partial charge in [0.1, 0.15) is 5.82 Å². The van der Waals surface area contributed by atoms with Gasteiger partial charge in [-0.1, -0.05) is 0 Å². The molecule has 2 rings (SSSR count). The third-order valence-electron chi connectivity index (χ3n) is 3.28. The second kappa shape index (κ2) is 6.52. The number of aliphatic hydroxyl groups is 1. The molecule has 1 aromatic rings. The molecule has 0 atom stereocenters. The molecule has 104 valence electrons. The van der Waals surface area contributed by atoms with Gasteiger partial charge in [-0.2, -0.15) is 0 Å². The lowest BCUT2D eigenvalue weighted by Gasteiger charge is -2.18. The van der Waals surface area contributed by atoms with Crippen LogP contribution >= 0.6 is 0 Å². The van der Waals surface area contributed by atoms with Crippen LogP contribution in [0.1, 0.15) is 29.6 Å². The second-order valence-electron chi connectivity index (χ2n) is 4.69. The van der Waals surface area contributed by atoms with Crippen LogP contribution in [0.4, 0.5) is 10.1 Å². The molecule has 0 radical (unpaired) electrons. The maximum atomic E-state index is 14.0. The van der Waals surface area contributed by atoms with Crippen molar-refractivity contribution in [1.29, 1.82) is 0 Å². The first-order valence-corrected chi connectivity index (χ1v) is 6.66. The van der Waals surface area contributed by atoms with Crippen LogP contribution < -0.4 is 10.2 Å². The Morgan fingerprint density at radius 2 is 2.11 bits per heavy atom. The number of rotatable bonds is 5. The van der Waals surface area contributed by atoms with Crippen LogP contribution in [0.2, 0.25) is 0 Å². The largest absolute Gasteiger partial charge is 0.396 e. The van der Waals surface area contributed by atoms with Crippen LogP contribution in [-0.2, 0) is 0 Å². The van der Waals surface area contributed by atoms with E-state index >= 15 is 0 Å². The molecule has 5 heteroatoms. The Hall–Kier alpha value is -1.62. The first-order valence-electron chi connectivity index (χ1n) is 6.66. The van der Waals surface area contributed by atoms with E-state index in [0.29, 0.717) is 24.2 Å². The molecule has 4 nitrogen and oxygen atoms in total. The lowest BCUT2D eigenvalue weighted by molar-refractivity contribution is 0.0950. The topological polar surface area (TPSA) is 52.6 Å². The highest BCUT2D eigenvalue weighted by Crippen LogP contribution is 2.24. The summed E-state index contributed by atoms with van der Waals surface area (Å²) in [6.45, 7) is 2.17. The fraction of sp³-hybridized carbons (Fsp3) is 0.500. The smallest absolute Gasteiger partial charge is 0.251 e. The quantitative estimate of drug-likeness (QED) is 0.795. The third kappa shape index (κ3) is 3.44. The van der Waals surface area contributed by atoms with Crippen molar-refractivity contribution in [3.05, 3.63) is 29.6 Å². The molecule has 0 aromatic heterocycles. The van der Waals surface area contributed by atoms with Crippen molar-refractivity contribution < 1.29 is 14.3 Å². The summed E-state index contributed by atoms with van der Waals surface area (Å²) in [6, 6.07) is 4.59. The first kappa shape index (κ1) is 13.8. The summed E-state index contributed by atoms with van der Waals surface area (Å²) in [5, 5.41) is 11.3. The van der Waals surface area contributed by atoms with E-state index in [1.165, 1.54) is 6.07 Å². The lowest BCUT2D eigenvalue weighted by atomic mass is 10.1. The number of carbonyl (C=O) groups excluding carboxylic acids is 1. The molecule has 1 saturated heterocycles. The molecule has 0 aliphatic carbocycles. The van der Waals surface area contributed by atoms with E-state index < -0.39 is 0 Å². The molecule has 1 aliphatic rings. The first-order chi connectivity index (χ1) is 9.22. The van der Waals surface area contributed by atoms with E-state index in [1.54, 1.807) is 12.1 Å².